The van der Waals surface area contributed by atoms with Gasteiger partial charge in [-0.2, -0.15) is 4.31 Å². The average molecular weight is 363 g/mol. The highest BCUT2D eigenvalue weighted by atomic mass is 32.2. The molecular weight excluding hydrogens is 338 g/mol. The van der Waals surface area contributed by atoms with Gasteiger partial charge in [0.2, 0.25) is 10.0 Å². The number of nitrogens with zero attached hydrogens (tertiary/aromatic N) is 1. The van der Waals surface area contributed by atoms with Crippen molar-refractivity contribution in [3.63, 3.8) is 0 Å². The zero-order valence-corrected chi connectivity index (χ0v) is 15.2. The molecule has 136 valence electrons. The number of rotatable bonds is 5. The largest absolute Gasteiger partial charge is 0.465 e. The van der Waals surface area contributed by atoms with Gasteiger partial charge in [-0.1, -0.05) is 30.4 Å². The zero-order chi connectivity index (χ0) is 17.7. The van der Waals surface area contributed by atoms with Crippen LogP contribution in [0.5, 0.6) is 0 Å². The molecule has 3 rings (SSSR count). The van der Waals surface area contributed by atoms with Crippen LogP contribution in [0.2, 0.25) is 0 Å². The average Bonchev–Trinajstić information content (AvgIpc) is 2.68. The third kappa shape index (κ3) is 4.50. The second kappa shape index (κ2) is 8.15. The van der Waals surface area contributed by atoms with E-state index >= 15 is 0 Å². The lowest BCUT2D eigenvalue weighted by Crippen LogP contribution is -2.40. The van der Waals surface area contributed by atoms with Gasteiger partial charge in [-0.25, -0.2) is 8.42 Å². The van der Waals surface area contributed by atoms with Crippen molar-refractivity contribution in [3.8, 4) is 0 Å². The highest BCUT2D eigenvalue weighted by Crippen LogP contribution is 2.25. The molecule has 0 radical (unpaired) electrons. The van der Waals surface area contributed by atoms with Crippen molar-refractivity contribution in [2.24, 2.45) is 11.8 Å². The molecule has 1 atom stereocenters. The lowest BCUT2D eigenvalue weighted by atomic mass is 9.95. The fraction of sp³-hybridized carbons (Fsp3) is 0.526. The van der Waals surface area contributed by atoms with Gasteiger partial charge in [0, 0.05) is 13.1 Å². The minimum Gasteiger partial charge on any atom is -0.465 e. The molecule has 25 heavy (non-hydrogen) atoms. The number of carbonyl (C=O) groups excluding carboxylic acids is 1. The van der Waals surface area contributed by atoms with Gasteiger partial charge < -0.3 is 4.74 Å². The van der Waals surface area contributed by atoms with Crippen molar-refractivity contribution in [3.05, 3.63) is 42.5 Å². The van der Waals surface area contributed by atoms with E-state index in [9.17, 15) is 13.2 Å². The molecule has 1 fully saturated rings. The molecule has 0 bridgehead atoms. The second-order valence-corrected chi connectivity index (χ2v) is 8.71. The molecule has 2 aliphatic rings. The summed E-state index contributed by atoms with van der Waals surface area (Å²) < 4.78 is 32.2. The summed E-state index contributed by atoms with van der Waals surface area (Å²) in [7, 11) is -3.47. The first-order chi connectivity index (χ1) is 12.1. The topological polar surface area (TPSA) is 63.7 Å². The van der Waals surface area contributed by atoms with Gasteiger partial charge >= 0.3 is 5.97 Å². The second-order valence-electron chi connectivity index (χ2n) is 6.77. The van der Waals surface area contributed by atoms with Crippen LogP contribution in [0.15, 0.2) is 47.4 Å². The lowest BCUT2D eigenvalue weighted by molar-refractivity contribution is -0.151. The minimum absolute atomic E-state index is 0.175. The first-order valence-corrected chi connectivity index (χ1v) is 10.4. The number of allylic oxidation sites excluding steroid dienone is 2. The third-order valence-electron chi connectivity index (χ3n) is 5.01. The molecule has 1 aromatic carbocycles. The molecule has 1 unspecified atom stereocenters. The monoisotopic (exact) mass is 363 g/mol. The Kier molecular flexibility index (Phi) is 5.91. The van der Waals surface area contributed by atoms with Gasteiger partial charge in [-0.15, -0.1) is 0 Å². The zero-order valence-electron chi connectivity index (χ0n) is 14.3. The SMILES string of the molecule is O=C(OCC1CC=CCC1)C1CCN(S(=O)(=O)c2ccccc2)CC1. The number of benzene rings is 1. The summed E-state index contributed by atoms with van der Waals surface area (Å²) in [6, 6.07) is 8.45. The van der Waals surface area contributed by atoms with Crippen LogP contribution < -0.4 is 0 Å². The fourth-order valence-electron chi connectivity index (χ4n) is 3.40. The number of carbonyl (C=O) groups is 1. The molecule has 0 saturated carbocycles. The van der Waals surface area contributed by atoms with Crippen molar-refractivity contribution in [2.45, 2.75) is 37.0 Å². The van der Waals surface area contributed by atoms with E-state index in [1.54, 1.807) is 30.3 Å². The Balaban J connectivity index is 1.49. The molecule has 0 aromatic heterocycles. The first kappa shape index (κ1) is 18.1. The Hall–Kier alpha value is -1.66. The van der Waals surface area contributed by atoms with Crippen LogP contribution in [0.1, 0.15) is 32.1 Å². The molecule has 1 saturated heterocycles. The highest BCUT2D eigenvalue weighted by Gasteiger charge is 2.32. The van der Waals surface area contributed by atoms with Gasteiger partial charge in [-0.05, 0) is 50.2 Å². The van der Waals surface area contributed by atoms with Crippen LogP contribution in [0.3, 0.4) is 0 Å². The lowest BCUT2D eigenvalue weighted by Gasteiger charge is -2.30. The van der Waals surface area contributed by atoms with Crippen LogP contribution in [0.4, 0.5) is 0 Å². The van der Waals surface area contributed by atoms with Crippen LogP contribution in [0, 0.1) is 11.8 Å². The summed E-state index contributed by atoms with van der Waals surface area (Å²) in [5, 5.41) is 0. The van der Waals surface area contributed by atoms with Crippen molar-refractivity contribution in [1.29, 1.82) is 0 Å². The summed E-state index contributed by atoms with van der Waals surface area (Å²) in [6.45, 7) is 1.21. The minimum atomic E-state index is -3.47. The van der Waals surface area contributed by atoms with Gasteiger partial charge in [0.25, 0.3) is 0 Å². The van der Waals surface area contributed by atoms with E-state index < -0.39 is 10.0 Å². The molecule has 1 aliphatic heterocycles. The van der Waals surface area contributed by atoms with E-state index in [1.165, 1.54) is 4.31 Å². The Morgan fingerprint density at radius 3 is 2.44 bits per heavy atom. The molecule has 1 aromatic rings. The van der Waals surface area contributed by atoms with Crippen LogP contribution in [-0.2, 0) is 19.6 Å². The van der Waals surface area contributed by atoms with Gasteiger partial charge in [0.15, 0.2) is 0 Å². The van der Waals surface area contributed by atoms with E-state index in [1.807, 2.05) is 0 Å². The molecular formula is C19H25NO4S. The maximum atomic E-state index is 12.6. The molecule has 0 amide bonds. The number of ether oxygens (including phenoxy) is 1. The predicted octanol–water partition coefficient (Wildman–Crippen LogP) is 2.99. The number of esters is 1. The van der Waals surface area contributed by atoms with Crippen LogP contribution in [-0.4, -0.2) is 38.4 Å². The van der Waals surface area contributed by atoms with E-state index in [2.05, 4.69) is 12.2 Å². The summed E-state index contributed by atoms with van der Waals surface area (Å²) >= 11 is 0. The Morgan fingerprint density at radius 1 is 1.08 bits per heavy atom. The highest BCUT2D eigenvalue weighted by molar-refractivity contribution is 7.89. The maximum absolute atomic E-state index is 12.6. The van der Waals surface area contributed by atoms with Gasteiger partial charge in [0.05, 0.1) is 17.4 Å². The van der Waals surface area contributed by atoms with Crippen LogP contribution >= 0.6 is 0 Å². The first-order valence-electron chi connectivity index (χ1n) is 8.94. The Morgan fingerprint density at radius 2 is 1.80 bits per heavy atom. The fourth-order valence-corrected chi connectivity index (χ4v) is 4.89. The van der Waals surface area contributed by atoms with Crippen molar-refractivity contribution in [2.75, 3.05) is 19.7 Å². The molecule has 0 spiro atoms. The summed E-state index contributed by atoms with van der Waals surface area (Å²) in [5.41, 5.74) is 0. The third-order valence-corrected chi connectivity index (χ3v) is 6.92. The number of sulfonamides is 1. The maximum Gasteiger partial charge on any atom is 0.309 e. The summed E-state index contributed by atoms with van der Waals surface area (Å²) in [5.74, 6) is 0.0557. The van der Waals surface area contributed by atoms with Gasteiger partial charge in [0.1, 0.15) is 0 Å². The van der Waals surface area contributed by atoms with E-state index in [0.29, 0.717) is 43.4 Å². The molecule has 0 N–H and O–H groups in total. The molecule has 5 nitrogen and oxygen atoms in total. The van der Waals surface area contributed by atoms with Crippen molar-refractivity contribution >= 4 is 16.0 Å². The smallest absolute Gasteiger partial charge is 0.309 e. The summed E-state index contributed by atoms with van der Waals surface area (Å²) in [4.78, 5) is 12.6. The molecule has 1 aliphatic carbocycles. The number of hydrogen-bond acceptors (Lipinski definition) is 4. The van der Waals surface area contributed by atoms with Crippen molar-refractivity contribution in [1.82, 2.24) is 4.31 Å². The Bertz CT molecular complexity index is 706. The number of piperidine rings is 1. The molecule has 6 heteroatoms. The van der Waals surface area contributed by atoms with Gasteiger partial charge in [-0.3, -0.25) is 4.79 Å². The summed E-state index contributed by atoms with van der Waals surface area (Å²) in [6.07, 6.45) is 8.46. The van der Waals surface area contributed by atoms with Crippen LogP contribution in [0.25, 0.3) is 0 Å². The van der Waals surface area contributed by atoms with Crippen molar-refractivity contribution < 1.29 is 17.9 Å². The quantitative estimate of drug-likeness (QED) is 0.596. The standard InChI is InChI=1S/C19H25NO4S/c21-19(24-15-16-7-3-1-4-8-16)17-11-13-20(14-12-17)25(22,23)18-9-5-2-6-10-18/h1-3,5-6,9-10,16-17H,4,7-8,11-15H2. The number of hydrogen-bond donors (Lipinski definition) is 0. The van der Waals surface area contributed by atoms with E-state index in [0.717, 1.165) is 19.3 Å². The van der Waals surface area contributed by atoms with E-state index in [4.69, 9.17) is 4.74 Å². The molecule has 1 heterocycles. The predicted molar refractivity (Wildman–Crippen MR) is 95.4 cm³/mol. The normalized spacial score (nSPS) is 22.6. The Labute approximate surface area is 149 Å². The van der Waals surface area contributed by atoms with E-state index in [-0.39, 0.29) is 11.9 Å².